The third-order valence-corrected chi connectivity index (χ3v) is 1.24. The van der Waals surface area contributed by atoms with Crippen molar-refractivity contribution >= 4 is 17.3 Å². The Morgan fingerprint density at radius 1 is 1.83 bits per heavy atom. The first kappa shape index (κ1) is 3.99. The van der Waals surface area contributed by atoms with Crippen molar-refractivity contribution in [3.05, 3.63) is 0 Å². The normalized spacial score (nSPS) is 20.0. The van der Waals surface area contributed by atoms with Gasteiger partial charge in [-0.3, -0.25) is 0 Å². The summed E-state index contributed by atoms with van der Waals surface area (Å²) in [7, 11) is 0. The quantitative estimate of drug-likeness (QED) is 0.474. The second-order valence-electron chi connectivity index (χ2n) is 1.01. The molecule has 0 saturated carbocycles. The predicted molar refractivity (Wildman–Crippen MR) is 29.0 cm³/mol. The standard InChI is InChI=1S/C3H6N2S/c1-2-6-3-5-4-1/h3-4H,1-2H2. The molecule has 0 fully saturated rings. The summed E-state index contributed by atoms with van der Waals surface area (Å²) in [4.78, 5) is 0. The van der Waals surface area contributed by atoms with Crippen LogP contribution in [0.5, 0.6) is 0 Å². The molecule has 34 valence electrons. The van der Waals surface area contributed by atoms with Crippen molar-refractivity contribution in [2.75, 3.05) is 12.3 Å². The molecule has 0 atom stereocenters. The van der Waals surface area contributed by atoms with Crippen LogP contribution in [0.15, 0.2) is 5.10 Å². The fourth-order valence-electron chi connectivity index (χ4n) is 0.296. The highest BCUT2D eigenvalue weighted by Gasteiger charge is 1.86. The van der Waals surface area contributed by atoms with Crippen LogP contribution in [0.2, 0.25) is 0 Å². The third kappa shape index (κ3) is 0.897. The van der Waals surface area contributed by atoms with E-state index in [0.29, 0.717) is 0 Å². The molecule has 3 heteroatoms. The smallest absolute Gasteiger partial charge is 0.0797 e. The molecular formula is C3H6N2S. The Balaban J connectivity index is 2.26. The lowest BCUT2D eigenvalue weighted by Gasteiger charge is -2.00. The molecule has 2 nitrogen and oxygen atoms in total. The van der Waals surface area contributed by atoms with Crippen LogP contribution in [-0.4, -0.2) is 17.8 Å². The fraction of sp³-hybridized carbons (Fsp3) is 0.667. The van der Waals surface area contributed by atoms with Crippen LogP contribution in [0.1, 0.15) is 0 Å². The van der Waals surface area contributed by atoms with E-state index in [1.54, 1.807) is 11.8 Å². The number of hydrogen-bond acceptors (Lipinski definition) is 3. The van der Waals surface area contributed by atoms with Gasteiger partial charge in [0.2, 0.25) is 0 Å². The van der Waals surface area contributed by atoms with E-state index in [4.69, 9.17) is 0 Å². The number of rotatable bonds is 0. The van der Waals surface area contributed by atoms with Gasteiger partial charge in [-0.1, -0.05) is 0 Å². The van der Waals surface area contributed by atoms with Crippen LogP contribution in [0.4, 0.5) is 0 Å². The van der Waals surface area contributed by atoms with Gasteiger partial charge in [-0.15, -0.1) is 11.8 Å². The lowest BCUT2D eigenvalue weighted by Crippen LogP contribution is -2.13. The molecule has 0 saturated heterocycles. The van der Waals surface area contributed by atoms with E-state index in [1.807, 2.05) is 5.55 Å². The van der Waals surface area contributed by atoms with Gasteiger partial charge >= 0.3 is 0 Å². The first-order chi connectivity index (χ1) is 3.00. The zero-order chi connectivity index (χ0) is 4.24. The zero-order valence-electron chi connectivity index (χ0n) is 3.35. The van der Waals surface area contributed by atoms with Crippen molar-refractivity contribution in [1.82, 2.24) is 5.43 Å². The second-order valence-corrected chi connectivity index (χ2v) is 1.97. The third-order valence-electron chi connectivity index (χ3n) is 0.550. The molecule has 0 aliphatic carbocycles. The Morgan fingerprint density at radius 2 is 2.83 bits per heavy atom. The van der Waals surface area contributed by atoms with Gasteiger partial charge in [-0.25, -0.2) is 0 Å². The molecule has 0 aromatic heterocycles. The average molecular weight is 102 g/mol. The summed E-state index contributed by atoms with van der Waals surface area (Å²) >= 11 is 1.74. The highest BCUT2D eigenvalue weighted by Crippen LogP contribution is 1.94. The number of nitrogens with zero attached hydrogens (tertiary/aromatic N) is 1. The number of hydrazone groups is 1. The van der Waals surface area contributed by atoms with Gasteiger partial charge < -0.3 is 5.43 Å². The lowest BCUT2D eigenvalue weighted by atomic mass is 10.8. The molecule has 0 bridgehead atoms. The van der Waals surface area contributed by atoms with Crippen LogP contribution >= 0.6 is 11.8 Å². The van der Waals surface area contributed by atoms with Crippen molar-refractivity contribution in [3.8, 4) is 0 Å². The molecule has 6 heavy (non-hydrogen) atoms. The van der Waals surface area contributed by atoms with Gasteiger partial charge in [0, 0.05) is 12.3 Å². The number of hydrogen-bond donors (Lipinski definition) is 1. The monoisotopic (exact) mass is 102 g/mol. The van der Waals surface area contributed by atoms with E-state index in [0.717, 1.165) is 12.3 Å². The van der Waals surface area contributed by atoms with E-state index in [9.17, 15) is 0 Å². The summed E-state index contributed by atoms with van der Waals surface area (Å²) in [6, 6.07) is 0. The molecule has 0 unspecified atom stereocenters. The fourth-order valence-corrected chi connectivity index (χ4v) is 0.760. The first-order valence-corrected chi connectivity index (χ1v) is 2.91. The predicted octanol–water partition coefficient (Wildman–Crippen LogP) is 0.266. The summed E-state index contributed by atoms with van der Waals surface area (Å²) in [6.45, 7) is 1.02. The molecule has 1 heterocycles. The van der Waals surface area contributed by atoms with Gasteiger partial charge in [0.15, 0.2) is 0 Å². The molecule has 1 aliphatic rings. The summed E-state index contributed by atoms with van der Waals surface area (Å²) in [5, 5.41) is 3.77. The Hall–Kier alpha value is -0.180. The van der Waals surface area contributed by atoms with Gasteiger partial charge in [-0.05, 0) is 0 Å². The summed E-state index contributed by atoms with van der Waals surface area (Å²) in [5.74, 6) is 1.16. The minimum Gasteiger partial charge on any atom is -0.309 e. The Kier molecular flexibility index (Phi) is 1.38. The van der Waals surface area contributed by atoms with Gasteiger partial charge in [0.05, 0.1) is 5.55 Å². The Bertz CT molecular complexity index is 53.8. The van der Waals surface area contributed by atoms with E-state index < -0.39 is 0 Å². The molecule has 0 amide bonds. The maximum atomic E-state index is 3.77. The molecule has 0 aromatic rings. The lowest BCUT2D eigenvalue weighted by molar-refractivity contribution is 0.791. The number of nitrogens with one attached hydrogen (secondary N) is 1. The highest BCUT2D eigenvalue weighted by atomic mass is 32.2. The SMILES string of the molecule is C1=NNCCS1. The second kappa shape index (κ2) is 2.08. The molecule has 1 aliphatic heterocycles. The molecule has 1 rings (SSSR count). The van der Waals surface area contributed by atoms with E-state index in [1.165, 1.54) is 0 Å². The zero-order valence-corrected chi connectivity index (χ0v) is 4.16. The molecule has 0 aromatic carbocycles. The van der Waals surface area contributed by atoms with E-state index in [-0.39, 0.29) is 0 Å². The van der Waals surface area contributed by atoms with Crippen molar-refractivity contribution in [2.24, 2.45) is 5.10 Å². The molecule has 1 N–H and O–H groups in total. The van der Waals surface area contributed by atoms with Crippen LogP contribution in [0.3, 0.4) is 0 Å². The minimum atomic E-state index is 1.02. The van der Waals surface area contributed by atoms with Crippen LogP contribution in [0.25, 0.3) is 0 Å². The molecule has 0 radical (unpaired) electrons. The van der Waals surface area contributed by atoms with Crippen LogP contribution < -0.4 is 5.43 Å². The van der Waals surface area contributed by atoms with Gasteiger partial charge in [0.1, 0.15) is 0 Å². The summed E-state index contributed by atoms with van der Waals surface area (Å²) in [6.07, 6.45) is 0. The Morgan fingerprint density at radius 3 is 3.00 bits per heavy atom. The maximum absolute atomic E-state index is 3.77. The van der Waals surface area contributed by atoms with E-state index in [2.05, 4.69) is 10.5 Å². The highest BCUT2D eigenvalue weighted by molar-refractivity contribution is 8.12. The largest absolute Gasteiger partial charge is 0.309 e. The van der Waals surface area contributed by atoms with Gasteiger partial charge in [0.25, 0.3) is 0 Å². The summed E-state index contributed by atoms with van der Waals surface area (Å²) < 4.78 is 0. The Labute approximate surface area is 41.0 Å². The van der Waals surface area contributed by atoms with Crippen LogP contribution in [0, 0.1) is 0 Å². The topological polar surface area (TPSA) is 24.4 Å². The number of thioether (sulfide) groups is 1. The van der Waals surface area contributed by atoms with Crippen LogP contribution in [-0.2, 0) is 0 Å². The minimum absolute atomic E-state index is 1.02. The average Bonchev–Trinajstić information content (AvgIpc) is 1.72. The maximum Gasteiger partial charge on any atom is 0.0797 e. The molecular weight excluding hydrogens is 96.1 g/mol. The van der Waals surface area contributed by atoms with Crippen molar-refractivity contribution in [3.63, 3.8) is 0 Å². The summed E-state index contributed by atoms with van der Waals surface area (Å²) in [5.41, 5.74) is 4.66. The van der Waals surface area contributed by atoms with Gasteiger partial charge in [-0.2, -0.15) is 5.10 Å². The van der Waals surface area contributed by atoms with Crippen molar-refractivity contribution in [1.29, 1.82) is 0 Å². The molecule has 0 spiro atoms. The van der Waals surface area contributed by atoms with E-state index >= 15 is 0 Å². The van der Waals surface area contributed by atoms with Crippen molar-refractivity contribution in [2.45, 2.75) is 0 Å². The van der Waals surface area contributed by atoms with Crippen molar-refractivity contribution < 1.29 is 0 Å². The first-order valence-electron chi connectivity index (χ1n) is 1.86.